The molecule has 0 radical (unpaired) electrons. The summed E-state index contributed by atoms with van der Waals surface area (Å²) in [4.78, 5) is 0. The first kappa shape index (κ1) is 39.0. The molecule has 0 saturated carbocycles. The van der Waals surface area contributed by atoms with E-state index >= 15 is 0 Å². The molecule has 0 N–H and O–H groups in total. The Bertz CT molecular complexity index is 4290. The lowest BCUT2D eigenvalue weighted by Gasteiger charge is -2.15. The van der Waals surface area contributed by atoms with Crippen molar-refractivity contribution in [2.24, 2.45) is 0 Å². The van der Waals surface area contributed by atoms with Crippen LogP contribution in [0.1, 0.15) is 0 Å². The standard InChI is InChI=1S/C66H43N3/c1-4-18-44(19-5-1)47-24-16-25-48(36-47)51-37-50(46-22-8-3-9-23-46)39-54(40-51)69-63-33-15-12-30-57(63)60-42-59-56-29-11-14-32-62(56)68(65(59)43-66(60)69)53-34-35-64-58(41-53)55-28-10-13-31-61(55)67(64)52-27-17-26-49(38-52)45-20-6-2-7-21-45/h1-43H. The molecule has 0 aliphatic heterocycles. The Hall–Kier alpha value is -9.18. The van der Waals surface area contributed by atoms with Gasteiger partial charge in [0.05, 0.1) is 33.1 Å². The number of para-hydroxylation sites is 3. The van der Waals surface area contributed by atoms with Gasteiger partial charge in [0, 0.05) is 49.4 Å². The van der Waals surface area contributed by atoms with E-state index in [4.69, 9.17) is 0 Å². The fourth-order valence-corrected chi connectivity index (χ4v) is 11.0. The van der Waals surface area contributed by atoms with Crippen molar-refractivity contribution in [2.45, 2.75) is 0 Å². The van der Waals surface area contributed by atoms with Gasteiger partial charge in [-0.05, 0) is 129 Å². The molecule has 11 aromatic carbocycles. The predicted molar refractivity (Wildman–Crippen MR) is 291 cm³/mol. The molecule has 0 aliphatic carbocycles. The predicted octanol–water partition coefficient (Wildman–Crippen LogP) is 17.6. The van der Waals surface area contributed by atoms with Crippen LogP contribution in [0.2, 0.25) is 0 Å². The first-order valence-electron chi connectivity index (χ1n) is 23.7. The largest absolute Gasteiger partial charge is 0.309 e. The Kier molecular flexibility index (Phi) is 8.90. The first-order valence-corrected chi connectivity index (χ1v) is 23.7. The molecule has 69 heavy (non-hydrogen) atoms. The van der Waals surface area contributed by atoms with Crippen molar-refractivity contribution in [3.63, 3.8) is 0 Å². The number of rotatable bonds is 7. The van der Waals surface area contributed by atoms with Gasteiger partial charge in [0.2, 0.25) is 0 Å². The molecule has 0 bridgehead atoms. The van der Waals surface area contributed by atoms with E-state index in [1.807, 2.05) is 0 Å². The lowest BCUT2D eigenvalue weighted by Crippen LogP contribution is -1.98. The Labute approximate surface area is 399 Å². The van der Waals surface area contributed by atoms with E-state index in [-0.39, 0.29) is 0 Å². The summed E-state index contributed by atoms with van der Waals surface area (Å²) in [6.45, 7) is 0. The van der Waals surface area contributed by atoms with Crippen molar-refractivity contribution < 1.29 is 0 Å². The number of hydrogen-bond acceptors (Lipinski definition) is 0. The average Bonchev–Trinajstić information content (AvgIpc) is 4.06. The van der Waals surface area contributed by atoms with E-state index in [9.17, 15) is 0 Å². The highest BCUT2D eigenvalue weighted by molar-refractivity contribution is 6.19. The normalized spacial score (nSPS) is 11.8. The zero-order valence-electron chi connectivity index (χ0n) is 37.7. The summed E-state index contributed by atoms with van der Waals surface area (Å²) in [6, 6.07) is 95.6. The molecule has 14 rings (SSSR count). The fourth-order valence-electron chi connectivity index (χ4n) is 11.0. The summed E-state index contributed by atoms with van der Waals surface area (Å²) >= 11 is 0. The Balaban J connectivity index is 1.00. The minimum atomic E-state index is 1.12. The van der Waals surface area contributed by atoms with Crippen LogP contribution in [-0.4, -0.2) is 13.7 Å². The van der Waals surface area contributed by atoms with Gasteiger partial charge in [-0.2, -0.15) is 0 Å². The van der Waals surface area contributed by atoms with Gasteiger partial charge in [-0.1, -0.05) is 176 Å². The Morgan fingerprint density at radius 1 is 0.159 bits per heavy atom. The smallest absolute Gasteiger partial charge is 0.0562 e. The lowest BCUT2D eigenvalue weighted by molar-refractivity contribution is 1.16. The molecule has 3 aromatic heterocycles. The molecule has 0 fully saturated rings. The van der Waals surface area contributed by atoms with Gasteiger partial charge in [-0.15, -0.1) is 0 Å². The monoisotopic (exact) mass is 877 g/mol. The minimum Gasteiger partial charge on any atom is -0.309 e. The van der Waals surface area contributed by atoms with E-state index in [0.717, 1.165) is 22.6 Å². The molecule has 0 unspecified atom stereocenters. The molecular formula is C66H43N3. The molecule has 322 valence electrons. The summed E-state index contributed by atoms with van der Waals surface area (Å²) in [5, 5.41) is 7.38. The summed E-state index contributed by atoms with van der Waals surface area (Å²) in [7, 11) is 0. The maximum Gasteiger partial charge on any atom is 0.0562 e. The van der Waals surface area contributed by atoms with E-state index in [0.29, 0.717) is 0 Å². The number of aromatic nitrogens is 3. The maximum absolute atomic E-state index is 2.49. The number of nitrogens with zero attached hydrogens (tertiary/aromatic N) is 3. The average molecular weight is 878 g/mol. The van der Waals surface area contributed by atoms with Gasteiger partial charge in [-0.3, -0.25) is 0 Å². The van der Waals surface area contributed by atoms with Gasteiger partial charge in [0.15, 0.2) is 0 Å². The summed E-state index contributed by atoms with van der Waals surface area (Å²) in [6.07, 6.45) is 0. The number of benzene rings is 11. The maximum atomic E-state index is 2.49. The molecule has 0 spiro atoms. The molecular weight excluding hydrogens is 835 g/mol. The number of hydrogen-bond donors (Lipinski definition) is 0. The van der Waals surface area contributed by atoms with Crippen molar-refractivity contribution in [1.29, 1.82) is 0 Å². The van der Waals surface area contributed by atoms with E-state index < -0.39 is 0 Å². The molecule has 3 heteroatoms. The van der Waals surface area contributed by atoms with Crippen molar-refractivity contribution in [3.8, 4) is 61.6 Å². The van der Waals surface area contributed by atoms with Crippen molar-refractivity contribution in [3.05, 3.63) is 261 Å². The molecule has 0 atom stereocenters. The minimum absolute atomic E-state index is 1.12. The second kappa shape index (κ2) is 15.7. The summed E-state index contributed by atoms with van der Waals surface area (Å²) in [5.41, 5.74) is 20.0. The topological polar surface area (TPSA) is 14.8 Å². The van der Waals surface area contributed by atoms with Crippen LogP contribution in [0, 0.1) is 0 Å². The molecule has 0 amide bonds. The van der Waals surface area contributed by atoms with Gasteiger partial charge in [0.25, 0.3) is 0 Å². The van der Waals surface area contributed by atoms with Crippen molar-refractivity contribution in [2.75, 3.05) is 0 Å². The van der Waals surface area contributed by atoms with Crippen molar-refractivity contribution in [1.82, 2.24) is 13.7 Å². The van der Waals surface area contributed by atoms with Crippen LogP contribution in [0.25, 0.3) is 127 Å². The third-order valence-electron chi connectivity index (χ3n) is 14.2. The van der Waals surface area contributed by atoms with Crippen LogP contribution < -0.4 is 0 Å². The van der Waals surface area contributed by atoms with Crippen LogP contribution in [-0.2, 0) is 0 Å². The Morgan fingerprint density at radius 3 is 1.07 bits per heavy atom. The van der Waals surface area contributed by atoms with Crippen LogP contribution >= 0.6 is 0 Å². The lowest BCUT2D eigenvalue weighted by atomic mass is 9.95. The van der Waals surface area contributed by atoms with Crippen LogP contribution in [0.5, 0.6) is 0 Å². The highest BCUT2D eigenvalue weighted by Gasteiger charge is 2.21. The molecule has 0 saturated heterocycles. The quantitative estimate of drug-likeness (QED) is 0.152. The second-order valence-electron chi connectivity index (χ2n) is 18.1. The first-order chi connectivity index (χ1) is 34.2. The van der Waals surface area contributed by atoms with Crippen molar-refractivity contribution >= 4 is 65.4 Å². The molecule has 3 nitrogen and oxygen atoms in total. The van der Waals surface area contributed by atoms with Crippen LogP contribution in [0.15, 0.2) is 261 Å². The molecule has 0 aliphatic rings. The highest BCUT2D eigenvalue weighted by atomic mass is 15.0. The zero-order chi connectivity index (χ0) is 45.4. The van der Waals surface area contributed by atoms with Crippen LogP contribution in [0.3, 0.4) is 0 Å². The van der Waals surface area contributed by atoms with Crippen LogP contribution in [0.4, 0.5) is 0 Å². The van der Waals surface area contributed by atoms with Gasteiger partial charge in [0.1, 0.15) is 0 Å². The zero-order valence-corrected chi connectivity index (χ0v) is 37.7. The fraction of sp³-hybridized carbons (Fsp3) is 0. The van der Waals surface area contributed by atoms with E-state index in [2.05, 4.69) is 275 Å². The van der Waals surface area contributed by atoms with E-state index in [1.165, 1.54) is 104 Å². The van der Waals surface area contributed by atoms with Gasteiger partial charge >= 0.3 is 0 Å². The summed E-state index contributed by atoms with van der Waals surface area (Å²) in [5.74, 6) is 0. The number of fused-ring (bicyclic) bond motifs is 9. The third kappa shape index (κ3) is 6.36. The second-order valence-corrected chi connectivity index (χ2v) is 18.1. The Morgan fingerprint density at radius 2 is 0.507 bits per heavy atom. The third-order valence-corrected chi connectivity index (χ3v) is 14.2. The molecule has 3 heterocycles. The molecule has 14 aromatic rings. The SMILES string of the molecule is c1ccc(-c2cccc(-c3cc(-c4ccccc4)cc(-n4c5ccccc5c5cc6c7ccccc7n(-c7ccc8c(c7)c7ccccc7n8-c7cccc(-c8ccccc8)c7)c6cc54)c3)c2)cc1. The summed E-state index contributed by atoms with van der Waals surface area (Å²) < 4.78 is 7.39. The van der Waals surface area contributed by atoms with E-state index in [1.54, 1.807) is 0 Å². The van der Waals surface area contributed by atoms with Gasteiger partial charge < -0.3 is 13.7 Å². The van der Waals surface area contributed by atoms with Gasteiger partial charge in [-0.25, -0.2) is 0 Å². The highest BCUT2D eigenvalue weighted by Crippen LogP contribution is 2.43.